The molecule has 8 heteroatoms. The Kier molecular flexibility index (Phi) is 3.50. The Morgan fingerprint density at radius 3 is 2.80 bits per heavy atom. The lowest BCUT2D eigenvalue weighted by molar-refractivity contribution is 0.0831. The van der Waals surface area contributed by atoms with Gasteiger partial charge in [0.05, 0.1) is 0 Å². The molecule has 1 aromatic carbocycles. The van der Waals surface area contributed by atoms with Crippen LogP contribution in [-0.2, 0) is 0 Å². The van der Waals surface area contributed by atoms with Crippen LogP contribution in [0.1, 0.15) is 25.9 Å². The van der Waals surface area contributed by atoms with E-state index in [1.54, 1.807) is 24.6 Å². The minimum Gasteiger partial charge on any atom is -0.454 e. The summed E-state index contributed by atoms with van der Waals surface area (Å²) in [6, 6.07) is 5.45. The van der Waals surface area contributed by atoms with Gasteiger partial charge in [0.25, 0.3) is 5.91 Å². The number of fused-ring (bicyclic) bond motifs is 2. The first-order valence-electron chi connectivity index (χ1n) is 7.60. The fourth-order valence-electron chi connectivity index (χ4n) is 2.84. The number of aromatic nitrogens is 2. The van der Waals surface area contributed by atoms with Crippen molar-refractivity contribution >= 4 is 28.5 Å². The number of hydrogen-bond acceptors (Lipinski definition) is 6. The Morgan fingerprint density at radius 2 is 2.08 bits per heavy atom. The number of nitrogens with zero attached hydrogens (tertiary/aromatic N) is 3. The van der Waals surface area contributed by atoms with Crippen LogP contribution in [-0.4, -0.2) is 47.4 Å². The van der Waals surface area contributed by atoms with E-state index in [1.807, 2.05) is 19.1 Å². The van der Waals surface area contributed by atoms with Gasteiger partial charge in [-0.15, -0.1) is 0 Å². The highest BCUT2D eigenvalue weighted by molar-refractivity contribution is 7.19. The van der Waals surface area contributed by atoms with Gasteiger partial charge >= 0.3 is 0 Å². The van der Waals surface area contributed by atoms with Crippen molar-refractivity contribution in [1.82, 2.24) is 14.3 Å². The Hall–Kier alpha value is -2.87. The van der Waals surface area contributed by atoms with Gasteiger partial charge in [-0.25, -0.2) is 4.98 Å². The maximum atomic E-state index is 12.3. The number of ether oxygens (including phenoxy) is 2. The lowest BCUT2D eigenvalue weighted by atomic mass is 10.1. The van der Waals surface area contributed by atoms with E-state index in [4.69, 9.17) is 9.47 Å². The Balaban J connectivity index is 1.89. The minimum absolute atomic E-state index is 0.102. The number of hydrogen-bond donors (Lipinski definition) is 0. The first-order chi connectivity index (χ1) is 12.0. The van der Waals surface area contributed by atoms with Crippen molar-refractivity contribution in [3.63, 3.8) is 0 Å². The molecule has 128 valence electrons. The molecule has 3 heterocycles. The van der Waals surface area contributed by atoms with Crippen LogP contribution in [0.2, 0.25) is 0 Å². The molecule has 0 aliphatic carbocycles. The first kappa shape index (κ1) is 15.6. The molecule has 0 bridgehead atoms. The molecule has 2 aromatic heterocycles. The molecule has 1 amide bonds. The van der Waals surface area contributed by atoms with Gasteiger partial charge in [-0.05, 0) is 25.1 Å². The number of carbonyl (C=O) groups is 2. The maximum absolute atomic E-state index is 12.3. The third-order valence-corrected chi connectivity index (χ3v) is 5.23. The smallest absolute Gasteiger partial charge is 0.265 e. The van der Waals surface area contributed by atoms with Gasteiger partial charge in [-0.2, -0.15) is 0 Å². The van der Waals surface area contributed by atoms with Gasteiger partial charge < -0.3 is 14.4 Å². The van der Waals surface area contributed by atoms with Crippen molar-refractivity contribution in [3.05, 3.63) is 34.5 Å². The summed E-state index contributed by atoms with van der Waals surface area (Å²) >= 11 is 1.28. The molecular weight excluding hydrogens is 342 g/mol. The topological polar surface area (TPSA) is 73.1 Å². The molecule has 0 fully saturated rings. The number of aryl methyl sites for hydroxylation is 1. The van der Waals surface area contributed by atoms with E-state index >= 15 is 0 Å². The van der Waals surface area contributed by atoms with Gasteiger partial charge in [-0.1, -0.05) is 11.3 Å². The molecule has 3 aromatic rings. The third-order valence-electron chi connectivity index (χ3n) is 4.10. The summed E-state index contributed by atoms with van der Waals surface area (Å²) < 4.78 is 12.4. The van der Waals surface area contributed by atoms with Crippen molar-refractivity contribution in [2.24, 2.45) is 0 Å². The number of thiazole rings is 1. The number of benzene rings is 1. The fraction of sp³-hybridized carbons (Fsp3) is 0.235. The Labute approximate surface area is 147 Å². The highest BCUT2D eigenvalue weighted by Gasteiger charge is 2.24. The van der Waals surface area contributed by atoms with Gasteiger partial charge in [0.1, 0.15) is 16.3 Å². The van der Waals surface area contributed by atoms with E-state index in [-0.39, 0.29) is 12.7 Å². The van der Waals surface area contributed by atoms with E-state index in [0.717, 1.165) is 11.8 Å². The second kappa shape index (κ2) is 5.59. The predicted octanol–water partition coefficient (Wildman–Crippen LogP) is 2.61. The average Bonchev–Trinajstić information content (AvgIpc) is 3.27. The summed E-state index contributed by atoms with van der Waals surface area (Å²) in [5.41, 5.74) is 2.45. The van der Waals surface area contributed by atoms with Gasteiger partial charge in [0.2, 0.25) is 6.79 Å². The molecule has 0 unspecified atom stereocenters. The molecule has 0 spiro atoms. The SMILES string of the molecule is Cc1c(C(=O)N(C)C)sc2nc(-c3ccc4c(c3)OCO4)c(C=O)n12. The Bertz CT molecular complexity index is 1020. The zero-order valence-electron chi connectivity index (χ0n) is 13.9. The van der Waals surface area contributed by atoms with Crippen molar-refractivity contribution in [2.45, 2.75) is 6.92 Å². The number of imidazole rings is 1. The van der Waals surface area contributed by atoms with Crippen molar-refractivity contribution < 1.29 is 19.1 Å². The lowest BCUT2D eigenvalue weighted by Crippen LogP contribution is -2.21. The Morgan fingerprint density at radius 1 is 1.32 bits per heavy atom. The number of carbonyl (C=O) groups excluding carboxylic acids is 2. The van der Waals surface area contributed by atoms with Crippen LogP contribution < -0.4 is 9.47 Å². The van der Waals surface area contributed by atoms with Crippen molar-refractivity contribution in [1.29, 1.82) is 0 Å². The molecule has 0 atom stereocenters. The van der Waals surface area contributed by atoms with E-state index in [9.17, 15) is 9.59 Å². The van der Waals surface area contributed by atoms with Crippen LogP contribution in [0.15, 0.2) is 18.2 Å². The summed E-state index contributed by atoms with van der Waals surface area (Å²) in [4.78, 5) is 31.3. The molecule has 1 aliphatic rings. The molecule has 0 N–H and O–H groups in total. The van der Waals surface area contributed by atoms with Crippen molar-refractivity contribution in [2.75, 3.05) is 20.9 Å². The summed E-state index contributed by atoms with van der Waals surface area (Å²) in [5, 5.41) is 0. The quantitative estimate of drug-likeness (QED) is 0.674. The van der Waals surface area contributed by atoms with Crippen LogP contribution in [0.25, 0.3) is 16.2 Å². The summed E-state index contributed by atoms with van der Waals surface area (Å²) in [6.07, 6.45) is 0.767. The highest BCUT2D eigenvalue weighted by atomic mass is 32.1. The molecule has 7 nitrogen and oxygen atoms in total. The highest BCUT2D eigenvalue weighted by Crippen LogP contribution is 2.37. The van der Waals surface area contributed by atoms with Gasteiger partial charge in [0.15, 0.2) is 22.7 Å². The number of aldehydes is 1. The largest absolute Gasteiger partial charge is 0.454 e. The van der Waals surface area contributed by atoms with E-state index in [2.05, 4.69) is 4.98 Å². The summed E-state index contributed by atoms with van der Waals surface area (Å²) in [5.74, 6) is 1.20. The molecule has 0 radical (unpaired) electrons. The fourth-order valence-corrected chi connectivity index (χ4v) is 3.99. The minimum atomic E-state index is -0.102. The standard InChI is InChI=1S/C17H15N3O4S/c1-9-15(16(22)19(2)3)25-17-18-14(11(7-21)20(9)17)10-4-5-12-13(6-10)24-8-23-12/h4-7H,8H2,1-3H3. The summed E-state index contributed by atoms with van der Waals surface area (Å²) in [7, 11) is 3.39. The van der Waals surface area contributed by atoms with Crippen LogP contribution in [0, 0.1) is 6.92 Å². The lowest BCUT2D eigenvalue weighted by Gasteiger charge is -2.09. The maximum Gasteiger partial charge on any atom is 0.265 e. The molecule has 1 aliphatic heterocycles. The van der Waals surface area contributed by atoms with E-state index in [1.165, 1.54) is 16.2 Å². The van der Waals surface area contributed by atoms with E-state index < -0.39 is 0 Å². The first-order valence-corrected chi connectivity index (χ1v) is 8.41. The number of rotatable bonds is 3. The second-order valence-corrected chi connectivity index (χ2v) is 6.84. The van der Waals surface area contributed by atoms with Gasteiger partial charge in [-0.3, -0.25) is 14.0 Å². The zero-order chi connectivity index (χ0) is 17.7. The van der Waals surface area contributed by atoms with Crippen molar-refractivity contribution in [3.8, 4) is 22.8 Å². The average molecular weight is 357 g/mol. The third kappa shape index (κ3) is 2.29. The monoisotopic (exact) mass is 357 g/mol. The van der Waals surface area contributed by atoms with Crippen LogP contribution in [0.3, 0.4) is 0 Å². The van der Waals surface area contributed by atoms with Crippen LogP contribution in [0.5, 0.6) is 11.5 Å². The summed E-state index contributed by atoms with van der Waals surface area (Å²) in [6.45, 7) is 2.01. The second-order valence-electron chi connectivity index (χ2n) is 5.87. The van der Waals surface area contributed by atoms with Crippen LogP contribution >= 0.6 is 11.3 Å². The van der Waals surface area contributed by atoms with E-state index in [0.29, 0.717) is 38.4 Å². The number of amides is 1. The molecule has 0 saturated heterocycles. The normalized spacial score (nSPS) is 12.6. The van der Waals surface area contributed by atoms with Gasteiger partial charge in [0, 0.05) is 25.4 Å². The molecule has 0 saturated carbocycles. The molecular formula is C17H15N3O4S. The van der Waals surface area contributed by atoms with Crippen LogP contribution in [0.4, 0.5) is 0 Å². The predicted molar refractivity (Wildman–Crippen MR) is 92.8 cm³/mol. The molecule has 4 rings (SSSR count). The molecule has 25 heavy (non-hydrogen) atoms. The zero-order valence-corrected chi connectivity index (χ0v) is 14.7.